The Balaban J connectivity index is 3.13. The standard InChI is InChI=1S/C11H14INO/c1-4-9-6-10(12)7(2)5-11(9)13-8(3)14/h5-6H,4H2,1-3H3,(H,13,14). The van der Waals surface area contributed by atoms with Gasteiger partial charge in [-0.15, -0.1) is 0 Å². The van der Waals surface area contributed by atoms with Crippen LogP contribution in [0.2, 0.25) is 0 Å². The molecule has 2 nitrogen and oxygen atoms in total. The van der Waals surface area contributed by atoms with Gasteiger partial charge in [0.25, 0.3) is 0 Å². The number of carbonyl (C=O) groups excluding carboxylic acids is 1. The van der Waals surface area contributed by atoms with Crippen LogP contribution >= 0.6 is 22.6 Å². The van der Waals surface area contributed by atoms with Gasteiger partial charge in [0, 0.05) is 16.2 Å². The van der Waals surface area contributed by atoms with Crippen LogP contribution in [-0.2, 0) is 11.2 Å². The maximum absolute atomic E-state index is 11.0. The number of hydrogen-bond acceptors (Lipinski definition) is 1. The van der Waals surface area contributed by atoms with Crippen LogP contribution in [0.1, 0.15) is 25.0 Å². The predicted octanol–water partition coefficient (Wildman–Crippen LogP) is 3.12. The molecule has 1 aromatic rings. The van der Waals surface area contributed by atoms with E-state index < -0.39 is 0 Å². The van der Waals surface area contributed by atoms with Gasteiger partial charge in [-0.2, -0.15) is 0 Å². The van der Waals surface area contributed by atoms with Crippen LogP contribution in [0.3, 0.4) is 0 Å². The maximum Gasteiger partial charge on any atom is 0.221 e. The van der Waals surface area contributed by atoms with Crippen LogP contribution in [0.15, 0.2) is 12.1 Å². The van der Waals surface area contributed by atoms with Gasteiger partial charge in [0.2, 0.25) is 5.91 Å². The molecule has 0 unspecified atom stereocenters. The first-order valence-electron chi connectivity index (χ1n) is 4.61. The lowest BCUT2D eigenvalue weighted by Gasteiger charge is -2.10. The van der Waals surface area contributed by atoms with E-state index in [9.17, 15) is 4.79 Å². The quantitative estimate of drug-likeness (QED) is 0.836. The van der Waals surface area contributed by atoms with Gasteiger partial charge in [0.05, 0.1) is 0 Å². The Kier molecular flexibility index (Phi) is 3.92. The SMILES string of the molecule is CCc1cc(I)c(C)cc1NC(C)=O. The van der Waals surface area contributed by atoms with Crippen LogP contribution in [0.4, 0.5) is 5.69 Å². The molecule has 0 aromatic heterocycles. The molecular formula is C11H14INO. The molecule has 0 aliphatic carbocycles. The Morgan fingerprint density at radius 1 is 1.50 bits per heavy atom. The fraction of sp³-hybridized carbons (Fsp3) is 0.364. The minimum absolute atomic E-state index is 0.0136. The van der Waals surface area contributed by atoms with Crippen LogP contribution in [0.25, 0.3) is 0 Å². The number of benzene rings is 1. The number of anilines is 1. The zero-order valence-corrected chi connectivity index (χ0v) is 10.8. The molecule has 0 atom stereocenters. The molecule has 0 bridgehead atoms. The Morgan fingerprint density at radius 3 is 2.64 bits per heavy atom. The summed E-state index contributed by atoms with van der Waals surface area (Å²) >= 11 is 2.31. The zero-order valence-electron chi connectivity index (χ0n) is 8.65. The van der Waals surface area contributed by atoms with Gasteiger partial charge in [-0.1, -0.05) is 6.92 Å². The number of aryl methyl sites for hydroxylation is 2. The number of nitrogens with one attached hydrogen (secondary N) is 1. The average Bonchev–Trinajstić information content (AvgIpc) is 2.10. The minimum Gasteiger partial charge on any atom is -0.326 e. The summed E-state index contributed by atoms with van der Waals surface area (Å²) in [4.78, 5) is 11.0. The van der Waals surface area contributed by atoms with Crippen molar-refractivity contribution in [3.8, 4) is 0 Å². The monoisotopic (exact) mass is 303 g/mol. The fourth-order valence-electron chi connectivity index (χ4n) is 1.32. The van der Waals surface area contributed by atoms with Gasteiger partial charge in [-0.3, -0.25) is 4.79 Å². The molecule has 1 aromatic carbocycles. The smallest absolute Gasteiger partial charge is 0.221 e. The summed E-state index contributed by atoms with van der Waals surface area (Å²) in [6.45, 7) is 5.67. The third-order valence-corrected chi connectivity index (χ3v) is 3.24. The average molecular weight is 303 g/mol. The summed E-state index contributed by atoms with van der Waals surface area (Å²) < 4.78 is 1.24. The number of halogens is 1. The number of amides is 1. The largest absolute Gasteiger partial charge is 0.326 e. The van der Waals surface area contributed by atoms with Gasteiger partial charge < -0.3 is 5.32 Å². The fourth-order valence-corrected chi connectivity index (χ4v) is 1.85. The molecule has 0 aliphatic rings. The maximum atomic E-state index is 11.0. The lowest BCUT2D eigenvalue weighted by molar-refractivity contribution is -0.114. The first-order valence-corrected chi connectivity index (χ1v) is 5.69. The Labute approximate surface area is 98.2 Å². The summed E-state index contributed by atoms with van der Waals surface area (Å²) in [7, 11) is 0. The Bertz CT molecular complexity index is 361. The summed E-state index contributed by atoms with van der Waals surface area (Å²) in [6.07, 6.45) is 0.936. The van der Waals surface area contributed by atoms with Gasteiger partial charge in [-0.25, -0.2) is 0 Å². The normalized spacial score (nSPS) is 10.0. The summed E-state index contributed by atoms with van der Waals surface area (Å²) in [5.74, 6) is -0.0136. The highest BCUT2D eigenvalue weighted by molar-refractivity contribution is 14.1. The molecule has 76 valence electrons. The molecule has 0 saturated carbocycles. The van der Waals surface area contributed by atoms with Crippen molar-refractivity contribution < 1.29 is 4.79 Å². The molecule has 1 rings (SSSR count). The third-order valence-electron chi connectivity index (χ3n) is 2.08. The van der Waals surface area contributed by atoms with Crippen molar-refractivity contribution in [2.75, 3.05) is 5.32 Å². The van der Waals surface area contributed by atoms with E-state index in [0.29, 0.717) is 0 Å². The molecule has 0 heterocycles. The number of rotatable bonds is 2. The molecule has 0 radical (unpaired) electrons. The van der Waals surface area contributed by atoms with E-state index in [4.69, 9.17) is 0 Å². The molecular weight excluding hydrogens is 289 g/mol. The number of carbonyl (C=O) groups is 1. The molecule has 0 fully saturated rings. The second-order valence-electron chi connectivity index (χ2n) is 3.29. The molecule has 0 saturated heterocycles. The van der Waals surface area contributed by atoms with Crippen LogP contribution in [0, 0.1) is 10.5 Å². The lowest BCUT2D eigenvalue weighted by Crippen LogP contribution is -2.08. The van der Waals surface area contributed by atoms with Crippen molar-refractivity contribution in [1.82, 2.24) is 0 Å². The highest BCUT2D eigenvalue weighted by Crippen LogP contribution is 2.23. The molecule has 1 N–H and O–H groups in total. The van der Waals surface area contributed by atoms with Crippen LogP contribution in [-0.4, -0.2) is 5.91 Å². The van der Waals surface area contributed by atoms with Gasteiger partial charge in [-0.05, 0) is 59.2 Å². The first-order chi connectivity index (χ1) is 6.54. The van der Waals surface area contributed by atoms with Crippen LogP contribution < -0.4 is 5.32 Å². The number of hydrogen-bond donors (Lipinski definition) is 1. The van der Waals surface area contributed by atoms with E-state index >= 15 is 0 Å². The summed E-state index contributed by atoms with van der Waals surface area (Å²) in [5, 5.41) is 2.85. The topological polar surface area (TPSA) is 29.1 Å². The predicted molar refractivity (Wildman–Crippen MR) is 67.6 cm³/mol. The van der Waals surface area contributed by atoms with Gasteiger partial charge in [0.1, 0.15) is 0 Å². The van der Waals surface area contributed by atoms with E-state index in [1.54, 1.807) is 0 Å². The first kappa shape index (κ1) is 11.5. The molecule has 14 heavy (non-hydrogen) atoms. The van der Waals surface area contributed by atoms with E-state index in [1.165, 1.54) is 21.6 Å². The minimum atomic E-state index is -0.0136. The lowest BCUT2D eigenvalue weighted by atomic mass is 10.1. The second kappa shape index (κ2) is 4.77. The zero-order chi connectivity index (χ0) is 10.7. The molecule has 0 aliphatic heterocycles. The van der Waals surface area contributed by atoms with E-state index in [-0.39, 0.29) is 5.91 Å². The summed E-state index contributed by atoms with van der Waals surface area (Å²) in [6, 6.07) is 4.16. The highest BCUT2D eigenvalue weighted by Gasteiger charge is 2.05. The highest BCUT2D eigenvalue weighted by atomic mass is 127. The van der Waals surface area contributed by atoms with E-state index in [1.807, 2.05) is 13.0 Å². The van der Waals surface area contributed by atoms with Gasteiger partial charge in [0.15, 0.2) is 0 Å². The van der Waals surface area contributed by atoms with Crippen molar-refractivity contribution in [2.45, 2.75) is 27.2 Å². The van der Waals surface area contributed by atoms with Crippen molar-refractivity contribution in [1.29, 1.82) is 0 Å². The Hall–Kier alpha value is -0.580. The Morgan fingerprint density at radius 2 is 2.14 bits per heavy atom. The molecule has 1 amide bonds. The molecule has 0 spiro atoms. The van der Waals surface area contributed by atoms with E-state index in [0.717, 1.165) is 12.1 Å². The second-order valence-corrected chi connectivity index (χ2v) is 4.46. The van der Waals surface area contributed by atoms with Crippen molar-refractivity contribution >= 4 is 34.2 Å². The summed E-state index contributed by atoms with van der Waals surface area (Å²) in [5.41, 5.74) is 3.33. The van der Waals surface area contributed by atoms with Crippen molar-refractivity contribution in [3.05, 3.63) is 26.8 Å². The third kappa shape index (κ3) is 2.70. The van der Waals surface area contributed by atoms with Crippen molar-refractivity contribution in [3.63, 3.8) is 0 Å². The van der Waals surface area contributed by atoms with E-state index in [2.05, 4.69) is 40.9 Å². The van der Waals surface area contributed by atoms with Crippen LogP contribution in [0.5, 0.6) is 0 Å². The molecule has 3 heteroatoms. The van der Waals surface area contributed by atoms with Crippen molar-refractivity contribution in [2.24, 2.45) is 0 Å². The van der Waals surface area contributed by atoms with Gasteiger partial charge >= 0.3 is 0 Å².